The van der Waals surface area contributed by atoms with E-state index >= 15 is 0 Å². The van der Waals surface area contributed by atoms with Crippen LogP contribution in [0.5, 0.6) is 0 Å². The van der Waals surface area contributed by atoms with Gasteiger partial charge in [-0.25, -0.2) is 24.1 Å². The molecule has 9 heteroatoms. The summed E-state index contributed by atoms with van der Waals surface area (Å²) in [5.74, 6) is -1.29. The van der Waals surface area contributed by atoms with Gasteiger partial charge in [0, 0.05) is 11.1 Å². The zero-order valence-electron chi connectivity index (χ0n) is 13.1. The van der Waals surface area contributed by atoms with Crippen molar-refractivity contribution in [2.45, 2.75) is 13.8 Å². The Balaban J connectivity index is 4.23. The molecule has 0 saturated heterocycles. The lowest BCUT2D eigenvalue weighted by molar-refractivity contribution is -0.139. The molecular formula is C14H20N2O7. The number of nitrogens with zero attached hydrogens (tertiary/aromatic N) is 1. The van der Waals surface area contributed by atoms with E-state index in [1.54, 1.807) is 0 Å². The highest BCUT2D eigenvalue weighted by atomic mass is 16.5. The molecule has 0 bridgehead atoms. The summed E-state index contributed by atoms with van der Waals surface area (Å²) in [5.41, 5.74) is 0.374. The third kappa shape index (κ3) is 8.24. The molecule has 0 spiro atoms. The van der Waals surface area contributed by atoms with Gasteiger partial charge in [-0.2, -0.15) is 0 Å². The Labute approximate surface area is 133 Å². The van der Waals surface area contributed by atoms with Gasteiger partial charge in [-0.15, -0.1) is 0 Å². The average molecular weight is 328 g/mol. The van der Waals surface area contributed by atoms with Gasteiger partial charge in [0.15, 0.2) is 0 Å². The predicted molar refractivity (Wildman–Crippen MR) is 79.7 cm³/mol. The van der Waals surface area contributed by atoms with Gasteiger partial charge in [0.05, 0.1) is 13.1 Å². The first-order chi connectivity index (χ1) is 10.7. The summed E-state index contributed by atoms with van der Waals surface area (Å²) in [6.07, 6.45) is -1.51. The molecule has 2 N–H and O–H groups in total. The number of esters is 2. The Morgan fingerprint density at radius 3 is 1.91 bits per heavy atom. The highest BCUT2D eigenvalue weighted by Gasteiger charge is 2.20. The van der Waals surface area contributed by atoms with Crippen LogP contribution in [0.2, 0.25) is 0 Å². The van der Waals surface area contributed by atoms with E-state index in [4.69, 9.17) is 14.6 Å². The van der Waals surface area contributed by atoms with Crippen LogP contribution in [0, 0.1) is 0 Å². The molecule has 0 radical (unpaired) electrons. The van der Waals surface area contributed by atoms with Gasteiger partial charge < -0.3 is 19.9 Å². The van der Waals surface area contributed by atoms with E-state index in [0.717, 1.165) is 0 Å². The smallest absolute Gasteiger partial charge is 0.415 e. The molecule has 3 amide bonds. The molecular weight excluding hydrogens is 308 g/mol. The van der Waals surface area contributed by atoms with Crippen LogP contribution in [0.3, 0.4) is 0 Å². The molecule has 0 aromatic carbocycles. The monoisotopic (exact) mass is 328 g/mol. The molecule has 0 heterocycles. The summed E-state index contributed by atoms with van der Waals surface area (Å²) < 4.78 is 9.45. The predicted octanol–water partition coefficient (Wildman–Crippen LogP) is 0.915. The molecule has 23 heavy (non-hydrogen) atoms. The normalized spacial score (nSPS) is 9.48. The van der Waals surface area contributed by atoms with Crippen molar-refractivity contribution < 1.29 is 33.8 Å². The van der Waals surface area contributed by atoms with E-state index in [-0.39, 0.29) is 37.4 Å². The van der Waals surface area contributed by atoms with E-state index in [1.807, 2.05) is 0 Å². The largest absolute Gasteiger partial charge is 0.465 e. The Morgan fingerprint density at radius 2 is 1.48 bits per heavy atom. The van der Waals surface area contributed by atoms with E-state index in [1.165, 1.54) is 13.8 Å². The number of amides is 3. The quantitative estimate of drug-likeness (QED) is 0.386. The molecule has 0 aromatic heterocycles. The SMILES string of the molecule is C=C(C)C(=O)OCCNC(=O)N(CCOC(=O)C(=C)C)C(=O)O. The van der Waals surface area contributed by atoms with Gasteiger partial charge in [0.25, 0.3) is 0 Å². The summed E-state index contributed by atoms with van der Waals surface area (Å²) in [4.78, 5) is 45.4. The van der Waals surface area contributed by atoms with Crippen molar-refractivity contribution in [1.29, 1.82) is 0 Å². The van der Waals surface area contributed by atoms with Crippen LogP contribution in [-0.4, -0.2) is 60.4 Å². The van der Waals surface area contributed by atoms with Crippen molar-refractivity contribution in [1.82, 2.24) is 10.2 Å². The van der Waals surface area contributed by atoms with Gasteiger partial charge >= 0.3 is 24.1 Å². The fourth-order valence-corrected chi connectivity index (χ4v) is 1.16. The molecule has 0 saturated carbocycles. The summed E-state index contributed by atoms with van der Waals surface area (Å²) in [6, 6.07) is -0.921. The number of carbonyl (C=O) groups is 4. The number of imide groups is 1. The molecule has 0 rings (SSSR count). The third-order valence-corrected chi connectivity index (χ3v) is 2.33. The number of carbonyl (C=O) groups excluding carboxylic acids is 3. The molecule has 0 aliphatic rings. The fourth-order valence-electron chi connectivity index (χ4n) is 1.16. The second-order valence-corrected chi connectivity index (χ2v) is 4.50. The van der Waals surface area contributed by atoms with Gasteiger partial charge in [-0.1, -0.05) is 13.2 Å². The average Bonchev–Trinajstić information content (AvgIpc) is 2.46. The van der Waals surface area contributed by atoms with E-state index in [2.05, 4.69) is 18.5 Å². The van der Waals surface area contributed by atoms with Crippen molar-refractivity contribution in [3.8, 4) is 0 Å². The maximum absolute atomic E-state index is 11.7. The van der Waals surface area contributed by atoms with Crippen LogP contribution in [-0.2, 0) is 19.1 Å². The van der Waals surface area contributed by atoms with Crippen LogP contribution in [0.25, 0.3) is 0 Å². The number of nitrogens with one attached hydrogen (secondary N) is 1. The van der Waals surface area contributed by atoms with Gasteiger partial charge in [0.1, 0.15) is 13.2 Å². The lowest BCUT2D eigenvalue weighted by Crippen LogP contribution is -2.45. The Kier molecular flexibility index (Phi) is 8.75. The molecule has 128 valence electrons. The Hall–Kier alpha value is -2.84. The summed E-state index contributed by atoms with van der Waals surface area (Å²) in [6.45, 7) is 8.82. The number of carboxylic acid groups (broad SMARTS) is 1. The molecule has 0 aromatic rings. The second-order valence-electron chi connectivity index (χ2n) is 4.50. The van der Waals surface area contributed by atoms with Crippen LogP contribution >= 0.6 is 0 Å². The van der Waals surface area contributed by atoms with Crippen molar-refractivity contribution in [2.75, 3.05) is 26.3 Å². The minimum atomic E-state index is -1.51. The fraction of sp³-hybridized carbons (Fsp3) is 0.429. The first-order valence-electron chi connectivity index (χ1n) is 6.60. The minimum absolute atomic E-state index is 0.0762. The lowest BCUT2D eigenvalue weighted by Gasteiger charge is -2.18. The summed E-state index contributed by atoms with van der Waals surface area (Å²) >= 11 is 0. The first kappa shape index (κ1) is 20.2. The van der Waals surface area contributed by atoms with E-state index < -0.39 is 24.1 Å². The van der Waals surface area contributed by atoms with Crippen molar-refractivity contribution >= 4 is 24.1 Å². The minimum Gasteiger partial charge on any atom is -0.465 e. The topological polar surface area (TPSA) is 122 Å². The molecule has 9 nitrogen and oxygen atoms in total. The van der Waals surface area contributed by atoms with E-state index in [0.29, 0.717) is 4.90 Å². The Bertz CT molecular complexity index is 513. The van der Waals surface area contributed by atoms with Gasteiger partial charge in [0.2, 0.25) is 0 Å². The third-order valence-electron chi connectivity index (χ3n) is 2.33. The van der Waals surface area contributed by atoms with Crippen LogP contribution in [0.15, 0.2) is 24.3 Å². The zero-order chi connectivity index (χ0) is 18.0. The highest BCUT2D eigenvalue weighted by molar-refractivity contribution is 5.90. The van der Waals surface area contributed by atoms with Gasteiger partial charge in [-0.3, -0.25) is 0 Å². The maximum Gasteiger partial charge on any atom is 0.415 e. The van der Waals surface area contributed by atoms with Crippen molar-refractivity contribution in [2.24, 2.45) is 0 Å². The molecule has 0 aliphatic carbocycles. The number of hydrogen-bond donors (Lipinski definition) is 2. The van der Waals surface area contributed by atoms with Gasteiger partial charge in [-0.05, 0) is 13.8 Å². The second kappa shape index (κ2) is 9.98. The maximum atomic E-state index is 11.7. The van der Waals surface area contributed by atoms with Crippen LogP contribution in [0.1, 0.15) is 13.8 Å². The number of rotatable bonds is 8. The Morgan fingerprint density at radius 1 is 1.00 bits per heavy atom. The van der Waals surface area contributed by atoms with Crippen molar-refractivity contribution in [3.63, 3.8) is 0 Å². The molecule has 0 fully saturated rings. The number of urea groups is 1. The molecule has 0 aliphatic heterocycles. The van der Waals surface area contributed by atoms with Crippen molar-refractivity contribution in [3.05, 3.63) is 24.3 Å². The molecule has 0 unspecified atom stereocenters. The number of hydrogen-bond acceptors (Lipinski definition) is 6. The lowest BCUT2D eigenvalue weighted by atomic mass is 10.4. The first-order valence-corrected chi connectivity index (χ1v) is 6.60. The van der Waals surface area contributed by atoms with E-state index in [9.17, 15) is 19.2 Å². The molecule has 0 atom stereocenters. The van der Waals surface area contributed by atoms with Crippen LogP contribution < -0.4 is 5.32 Å². The van der Waals surface area contributed by atoms with Crippen LogP contribution in [0.4, 0.5) is 9.59 Å². The highest BCUT2D eigenvalue weighted by Crippen LogP contribution is 1.96. The zero-order valence-corrected chi connectivity index (χ0v) is 13.1. The standard InChI is InChI=1S/C14H20N2O7/c1-9(2)11(17)22-7-5-15-13(19)16(14(20)21)6-8-23-12(18)10(3)4/h1,3,5-8H2,2,4H3,(H,15,19)(H,20,21). The number of ether oxygens (including phenoxy) is 2. The summed E-state index contributed by atoms with van der Waals surface area (Å²) in [7, 11) is 0. The summed E-state index contributed by atoms with van der Waals surface area (Å²) in [5, 5.41) is 11.2.